The second kappa shape index (κ2) is 6.08. The summed E-state index contributed by atoms with van der Waals surface area (Å²) in [5.74, 6) is 0.0851. The molecule has 1 aromatic heterocycles. The van der Waals surface area contributed by atoms with Crippen LogP contribution in [0.2, 0.25) is 0 Å². The molecule has 2 aromatic rings. The molecule has 1 N–H and O–H groups in total. The predicted molar refractivity (Wildman–Crippen MR) is 71.3 cm³/mol. The van der Waals surface area contributed by atoms with Gasteiger partial charge in [0.05, 0.1) is 18.9 Å². The second-order valence-electron chi connectivity index (χ2n) is 3.94. The Hall–Kier alpha value is -1.53. The van der Waals surface area contributed by atoms with Crippen LogP contribution in [0.15, 0.2) is 35.1 Å². The highest BCUT2D eigenvalue weighted by molar-refractivity contribution is 9.10. The van der Waals surface area contributed by atoms with Gasteiger partial charge in [-0.3, -0.25) is 0 Å². The molecule has 19 heavy (non-hydrogen) atoms. The van der Waals surface area contributed by atoms with Crippen LogP contribution in [-0.2, 0) is 6.42 Å². The Bertz CT molecular complexity index is 580. The number of hydrogen-bond donors (Lipinski definition) is 1. The first-order valence-electron chi connectivity index (χ1n) is 5.58. The van der Waals surface area contributed by atoms with E-state index in [1.54, 1.807) is 12.1 Å². The van der Waals surface area contributed by atoms with Crippen LogP contribution < -0.4 is 4.74 Å². The van der Waals surface area contributed by atoms with E-state index in [0.717, 1.165) is 0 Å². The summed E-state index contributed by atoms with van der Waals surface area (Å²) in [6.07, 6.45) is 0.888. The Morgan fingerprint density at radius 1 is 1.37 bits per heavy atom. The van der Waals surface area contributed by atoms with E-state index in [4.69, 9.17) is 4.74 Å². The third-order valence-electron chi connectivity index (χ3n) is 2.63. The van der Waals surface area contributed by atoms with Crippen molar-refractivity contribution in [1.82, 2.24) is 9.97 Å². The van der Waals surface area contributed by atoms with E-state index < -0.39 is 6.10 Å². The minimum absolute atomic E-state index is 0.295. The smallest absolute Gasteiger partial charge is 0.216 e. The Balaban J connectivity index is 2.17. The molecule has 2 rings (SSSR count). The SMILES string of the molecule is COc1cc(CC(O)c2ccc(F)cc2Br)ncn1. The lowest BCUT2D eigenvalue weighted by Crippen LogP contribution is -2.05. The number of aliphatic hydroxyl groups is 1. The fourth-order valence-electron chi connectivity index (χ4n) is 1.68. The molecule has 0 aliphatic rings. The summed E-state index contributed by atoms with van der Waals surface area (Å²) in [7, 11) is 1.51. The van der Waals surface area contributed by atoms with E-state index in [2.05, 4.69) is 25.9 Å². The van der Waals surface area contributed by atoms with Gasteiger partial charge in [-0.2, -0.15) is 0 Å². The Kier molecular flexibility index (Phi) is 4.44. The van der Waals surface area contributed by atoms with Crippen LogP contribution in [0.5, 0.6) is 5.88 Å². The van der Waals surface area contributed by atoms with Crippen LogP contribution in [0.25, 0.3) is 0 Å². The molecule has 1 unspecified atom stereocenters. The molecule has 0 spiro atoms. The maximum atomic E-state index is 13.0. The van der Waals surface area contributed by atoms with Crippen LogP contribution in [0.3, 0.4) is 0 Å². The van der Waals surface area contributed by atoms with E-state index in [1.807, 2.05) is 0 Å². The molecule has 0 radical (unpaired) electrons. The maximum absolute atomic E-state index is 13.0. The molecule has 0 saturated carbocycles. The van der Waals surface area contributed by atoms with Crippen molar-refractivity contribution < 1.29 is 14.2 Å². The lowest BCUT2D eigenvalue weighted by atomic mass is 10.0. The lowest BCUT2D eigenvalue weighted by Gasteiger charge is -2.12. The molecule has 1 heterocycles. The molecule has 1 atom stereocenters. The molecule has 1 aromatic carbocycles. The van der Waals surface area contributed by atoms with Gasteiger partial charge in [-0.05, 0) is 17.7 Å². The van der Waals surface area contributed by atoms with Gasteiger partial charge in [0.1, 0.15) is 12.1 Å². The van der Waals surface area contributed by atoms with Crippen molar-refractivity contribution in [2.45, 2.75) is 12.5 Å². The molecule has 4 nitrogen and oxygen atoms in total. The molecule has 0 bridgehead atoms. The highest BCUT2D eigenvalue weighted by atomic mass is 79.9. The van der Waals surface area contributed by atoms with Crippen molar-refractivity contribution in [3.63, 3.8) is 0 Å². The first kappa shape index (κ1) is 13.9. The van der Waals surface area contributed by atoms with Gasteiger partial charge in [0.25, 0.3) is 0 Å². The van der Waals surface area contributed by atoms with E-state index in [1.165, 1.54) is 25.6 Å². The number of benzene rings is 1. The van der Waals surface area contributed by atoms with Crippen LogP contribution in [-0.4, -0.2) is 22.2 Å². The number of ether oxygens (including phenoxy) is 1. The molecule has 0 amide bonds. The number of rotatable bonds is 4. The average molecular weight is 327 g/mol. The van der Waals surface area contributed by atoms with Gasteiger partial charge in [-0.15, -0.1) is 0 Å². The summed E-state index contributed by atoms with van der Waals surface area (Å²) in [5.41, 5.74) is 1.26. The number of aliphatic hydroxyl groups excluding tert-OH is 1. The Labute approximate surface area is 118 Å². The maximum Gasteiger partial charge on any atom is 0.216 e. The van der Waals surface area contributed by atoms with E-state index in [-0.39, 0.29) is 5.82 Å². The van der Waals surface area contributed by atoms with Crippen LogP contribution in [0, 0.1) is 5.82 Å². The zero-order valence-corrected chi connectivity index (χ0v) is 11.8. The number of aromatic nitrogens is 2. The topological polar surface area (TPSA) is 55.2 Å². The zero-order chi connectivity index (χ0) is 13.8. The first-order valence-corrected chi connectivity index (χ1v) is 6.37. The number of halogens is 2. The van der Waals surface area contributed by atoms with Crippen molar-refractivity contribution in [1.29, 1.82) is 0 Å². The lowest BCUT2D eigenvalue weighted by molar-refractivity contribution is 0.176. The van der Waals surface area contributed by atoms with Crippen molar-refractivity contribution in [3.8, 4) is 5.88 Å². The quantitative estimate of drug-likeness (QED) is 0.938. The number of nitrogens with zero attached hydrogens (tertiary/aromatic N) is 2. The van der Waals surface area contributed by atoms with Gasteiger partial charge in [0, 0.05) is 17.0 Å². The highest BCUT2D eigenvalue weighted by Crippen LogP contribution is 2.26. The van der Waals surface area contributed by atoms with Crippen molar-refractivity contribution >= 4 is 15.9 Å². The summed E-state index contributed by atoms with van der Waals surface area (Å²) >= 11 is 3.23. The van der Waals surface area contributed by atoms with E-state index in [9.17, 15) is 9.50 Å². The van der Waals surface area contributed by atoms with Crippen LogP contribution in [0.4, 0.5) is 4.39 Å². The number of methoxy groups -OCH3 is 1. The Morgan fingerprint density at radius 3 is 2.84 bits per heavy atom. The summed E-state index contributed by atoms with van der Waals surface area (Å²) in [5, 5.41) is 10.2. The van der Waals surface area contributed by atoms with Crippen molar-refractivity contribution in [3.05, 3.63) is 52.1 Å². The Morgan fingerprint density at radius 2 is 2.16 bits per heavy atom. The zero-order valence-electron chi connectivity index (χ0n) is 10.2. The van der Waals surface area contributed by atoms with Gasteiger partial charge in [0.15, 0.2) is 0 Å². The minimum Gasteiger partial charge on any atom is -0.481 e. The van der Waals surface area contributed by atoms with Crippen LogP contribution in [0.1, 0.15) is 17.4 Å². The first-order chi connectivity index (χ1) is 9.10. The van der Waals surface area contributed by atoms with Gasteiger partial charge < -0.3 is 9.84 Å². The van der Waals surface area contributed by atoms with E-state index >= 15 is 0 Å². The fourth-order valence-corrected chi connectivity index (χ4v) is 2.30. The summed E-state index contributed by atoms with van der Waals surface area (Å²) < 4.78 is 18.5. The fraction of sp³-hybridized carbons (Fsp3) is 0.231. The minimum atomic E-state index is -0.783. The standard InChI is InChI=1S/C13H12BrFN2O2/c1-19-13-6-9(16-7-17-13)5-12(18)10-3-2-8(15)4-11(10)14/h2-4,6-7,12,18H,5H2,1H3. The molecule has 100 valence electrons. The van der Waals surface area contributed by atoms with Gasteiger partial charge in [0.2, 0.25) is 5.88 Å². The number of hydrogen-bond acceptors (Lipinski definition) is 4. The summed E-state index contributed by atoms with van der Waals surface area (Å²) in [6.45, 7) is 0. The van der Waals surface area contributed by atoms with Crippen molar-refractivity contribution in [2.24, 2.45) is 0 Å². The van der Waals surface area contributed by atoms with Gasteiger partial charge in [-0.1, -0.05) is 22.0 Å². The van der Waals surface area contributed by atoms with Gasteiger partial charge in [-0.25, -0.2) is 14.4 Å². The molecular weight excluding hydrogens is 315 g/mol. The average Bonchev–Trinajstić information content (AvgIpc) is 2.38. The third kappa shape index (κ3) is 3.48. The van der Waals surface area contributed by atoms with E-state index in [0.29, 0.717) is 28.0 Å². The monoisotopic (exact) mass is 326 g/mol. The normalized spacial score (nSPS) is 12.2. The molecule has 0 aliphatic heterocycles. The highest BCUT2D eigenvalue weighted by Gasteiger charge is 2.14. The molecular formula is C13H12BrFN2O2. The molecule has 0 saturated heterocycles. The van der Waals surface area contributed by atoms with Crippen molar-refractivity contribution in [2.75, 3.05) is 7.11 Å². The second-order valence-corrected chi connectivity index (χ2v) is 4.79. The summed E-state index contributed by atoms with van der Waals surface area (Å²) in [4.78, 5) is 7.95. The molecule has 0 aliphatic carbocycles. The predicted octanol–water partition coefficient (Wildman–Crippen LogP) is 2.66. The van der Waals surface area contributed by atoms with Crippen LogP contribution >= 0.6 is 15.9 Å². The summed E-state index contributed by atoms with van der Waals surface area (Å²) in [6, 6.07) is 5.83. The molecule has 6 heteroatoms. The third-order valence-corrected chi connectivity index (χ3v) is 3.32. The largest absolute Gasteiger partial charge is 0.481 e. The van der Waals surface area contributed by atoms with Gasteiger partial charge >= 0.3 is 0 Å². The molecule has 0 fully saturated rings.